The zero-order valence-corrected chi connectivity index (χ0v) is 9.31. The Morgan fingerprint density at radius 2 is 2.31 bits per heavy atom. The van der Waals surface area contributed by atoms with Crippen LogP contribution in [0.5, 0.6) is 5.75 Å². The monoisotopic (exact) mass is 217 g/mol. The van der Waals surface area contributed by atoms with Gasteiger partial charge >= 0.3 is 0 Å². The minimum atomic E-state index is 0.0505. The van der Waals surface area contributed by atoms with Crippen LogP contribution in [0.3, 0.4) is 0 Å². The van der Waals surface area contributed by atoms with E-state index in [9.17, 15) is 9.90 Å². The van der Waals surface area contributed by atoms with Crippen molar-refractivity contribution in [3.05, 3.63) is 36.4 Å². The lowest BCUT2D eigenvalue weighted by Gasteiger charge is -2.19. The average molecular weight is 217 g/mol. The molecule has 3 nitrogen and oxygen atoms in total. The average Bonchev–Trinajstić information content (AvgIpc) is 2.60. The Morgan fingerprint density at radius 1 is 1.56 bits per heavy atom. The van der Waals surface area contributed by atoms with Gasteiger partial charge in [-0.1, -0.05) is 18.2 Å². The molecular formula is C13H15NO2. The van der Waals surface area contributed by atoms with Gasteiger partial charge < -0.3 is 10.0 Å². The maximum absolute atomic E-state index is 11.8. The summed E-state index contributed by atoms with van der Waals surface area (Å²) in [7, 11) is 0. The number of nitrogens with zero attached hydrogens (tertiary/aromatic N) is 1. The molecule has 0 radical (unpaired) electrons. The van der Waals surface area contributed by atoms with Gasteiger partial charge in [-0.15, -0.1) is 6.58 Å². The normalized spacial score (nSPS) is 20.2. The molecule has 1 unspecified atom stereocenters. The Balaban J connectivity index is 2.38. The van der Waals surface area contributed by atoms with Crippen molar-refractivity contribution in [2.45, 2.75) is 13.3 Å². The summed E-state index contributed by atoms with van der Waals surface area (Å²) >= 11 is 0. The van der Waals surface area contributed by atoms with Crippen LogP contribution in [0.4, 0.5) is 5.69 Å². The standard InChI is InChI=1S/C13H15NO2/c1-3-10-7-12(16)14(8-10)13-9(2)5-4-6-11(13)15/h3-6,10,15H,1,7-8H2,2H3. The first-order chi connectivity index (χ1) is 7.63. The summed E-state index contributed by atoms with van der Waals surface area (Å²) < 4.78 is 0. The van der Waals surface area contributed by atoms with Gasteiger partial charge in [-0.25, -0.2) is 0 Å². The van der Waals surface area contributed by atoms with E-state index in [0.29, 0.717) is 18.7 Å². The maximum Gasteiger partial charge on any atom is 0.227 e. The Kier molecular flexibility index (Phi) is 2.69. The first-order valence-electron chi connectivity index (χ1n) is 5.35. The predicted octanol–water partition coefficient (Wildman–Crippen LogP) is 2.24. The molecule has 1 aromatic carbocycles. The van der Waals surface area contributed by atoms with Crippen LogP contribution in [0.15, 0.2) is 30.9 Å². The number of phenolic OH excluding ortho intramolecular Hbond substituents is 1. The van der Waals surface area contributed by atoms with Crippen molar-refractivity contribution >= 4 is 11.6 Å². The van der Waals surface area contributed by atoms with Crippen molar-refractivity contribution in [1.82, 2.24) is 0 Å². The van der Waals surface area contributed by atoms with E-state index in [1.54, 1.807) is 23.1 Å². The van der Waals surface area contributed by atoms with Gasteiger partial charge in [-0.2, -0.15) is 0 Å². The zero-order valence-electron chi connectivity index (χ0n) is 9.31. The number of rotatable bonds is 2. The van der Waals surface area contributed by atoms with Crippen molar-refractivity contribution < 1.29 is 9.90 Å². The molecule has 1 heterocycles. The Morgan fingerprint density at radius 3 is 2.88 bits per heavy atom. The van der Waals surface area contributed by atoms with Gasteiger partial charge in [0.1, 0.15) is 5.75 Å². The number of hydrogen-bond donors (Lipinski definition) is 1. The number of phenols is 1. The van der Waals surface area contributed by atoms with E-state index in [1.807, 2.05) is 13.0 Å². The molecule has 0 bridgehead atoms. The second-order valence-electron chi connectivity index (χ2n) is 4.15. The van der Waals surface area contributed by atoms with Crippen LogP contribution in [0, 0.1) is 12.8 Å². The number of aryl methyl sites for hydroxylation is 1. The van der Waals surface area contributed by atoms with Crippen molar-refractivity contribution in [2.75, 3.05) is 11.4 Å². The highest BCUT2D eigenvalue weighted by atomic mass is 16.3. The van der Waals surface area contributed by atoms with E-state index < -0.39 is 0 Å². The van der Waals surface area contributed by atoms with Crippen LogP contribution in [0.25, 0.3) is 0 Å². The predicted molar refractivity (Wildman–Crippen MR) is 63.5 cm³/mol. The summed E-state index contributed by atoms with van der Waals surface area (Å²) in [4.78, 5) is 13.5. The number of hydrogen-bond acceptors (Lipinski definition) is 2. The minimum Gasteiger partial charge on any atom is -0.506 e. The van der Waals surface area contributed by atoms with Crippen molar-refractivity contribution in [3.63, 3.8) is 0 Å². The summed E-state index contributed by atoms with van der Waals surface area (Å²) in [6.45, 7) is 6.21. The molecule has 1 atom stereocenters. The fraction of sp³-hybridized carbons (Fsp3) is 0.308. The number of para-hydroxylation sites is 1. The number of carbonyl (C=O) groups is 1. The molecule has 1 aliphatic rings. The van der Waals surface area contributed by atoms with E-state index in [0.717, 1.165) is 5.56 Å². The first kappa shape index (κ1) is 10.7. The van der Waals surface area contributed by atoms with Crippen molar-refractivity contribution in [3.8, 4) is 5.75 Å². The Bertz CT molecular complexity index is 419. The summed E-state index contributed by atoms with van der Waals surface area (Å²) in [6.07, 6.45) is 2.28. The topological polar surface area (TPSA) is 40.5 Å². The molecule has 0 aromatic heterocycles. The lowest BCUT2D eigenvalue weighted by atomic mass is 10.1. The fourth-order valence-electron chi connectivity index (χ4n) is 2.10. The second kappa shape index (κ2) is 4.00. The lowest BCUT2D eigenvalue weighted by Crippen LogP contribution is -2.25. The molecule has 84 valence electrons. The van der Waals surface area contributed by atoms with Gasteiger partial charge in [-0.3, -0.25) is 4.79 Å². The van der Waals surface area contributed by atoms with Gasteiger partial charge in [-0.05, 0) is 18.6 Å². The molecule has 0 aliphatic carbocycles. The number of amides is 1. The molecule has 1 N–H and O–H groups in total. The Labute approximate surface area is 95.0 Å². The first-order valence-corrected chi connectivity index (χ1v) is 5.35. The number of carbonyl (C=O) groups excluding carboxylic acids is 1. The summed E-state index contributed by atoms with van der Waals surface area (Å²) in [5.41, 5.74) is 1.55. The number of anilines is 1. The van der Waals surface area contributed by atoms with Crippen LogP contribution in [0.2, 0.25) is 0 Å². The third-order valence-electron chi connectivity index (χ3n) is 2.97. The molecule has 1 fully saturated rings. The van der Waals surface area contributed by atoms with Crippen LogP contribution >= 0.6 is 0 Å². The Hall–Kier alpha value is -1.77. The smallest absolute Gasteiger partial charge is 0.227 e. The second-order valence-corrected chi connectivity index (χ2v) is 4.15. The van der Waals surface area contributed by atoms with Gasteiger partial charge in [0.05, 0.1) is 5.69 Å². The van der Waals surface area contributed by atoms with Gasteiger partial charge in [0, 0.05) is 18.9 Å². The molecule has 1 aromatic rings. The van der Waals surface area contributed by atoms with Gasteiger partial charge in [0.25, 0.3) is 0 Å². The van der Waals surface area contributed by atoms with E-state index in [2.05, 4.69) is 6.58 Å². The minimum absolute atomic E-state index is 0.0505. The number of aromatic hydroxyl groups is 1. The molecule has 3 heteroatoms. The summed E-state index contributed by atoms with van der Waals surface area (Å²) in [5.74, 6) is 0.402. The lowest BCUT2D eigenvalue weighted by molar-refractivity contribution is -0.117. The van der Waals surface area contributed by atoms with E-state index >= 15 is 0 Å². The highest BCUT2D eigenvalue weighted by Crippen LogP contribution is 2.35. The van der Waals surface area contributed by atoms with E-state index in [1.165, 1.54) is 0 Å². The molecule has 1 saturated heterocycles. The van der Waals surface area contributed by atoms with Gasteiger partial charge in [0.2, 0.25) is 5.91 Å². The highest BCUT2D eigenvalue weighted by molar-refractivity contribution is 5.98. The molecular weight excluding hydrogens is 202 g/mol. The van der Waals surface area contributed by atoms with Crippen LogP contribution in [-0.2, 0) is 4.79 Å². The molecule has 0 spiro atoms. The molecule has 16 heavy (non-hydrogen) atoms. The summed E-state index contributed by atoms with van der Waals surface area (Å²) in [6, 6.07) is 5.28. The van der Waals surface area contributed by atoms with Crippen LogP contribution in [-0.4, -0.2) is 17.6 Å². The summed E-state index contributed by atoms with van der Waals surface area (Å²) in [5, 5.41) is 9.81. The zero-order chi connectivity index (χ0) is 11.7. The third-order valence-corrected chi connectivity index (χ3v) is 2.97. The fourth-order valence-corrected chi connectivity index (χ4v) is 2.10. The van der Waals surface area contributed by atoms with Crippen LogP contribution in [0.1, 0.15) is 12.0 Å². The van der Waals surface area contributed by atoms with Crippen molar-refractivity contribution in [1.29, 1.82) is 0 Å². The SMILES string of the molecule is C=CC1CC(=O)N(c2c(C)cccc2O)C1. The quantitative estimate of drug-likeness (QED) is 0.772. The molecule has 1 amide bonds. The maximum atomic E-state index is 11.8. The van der Waals surface area contributed by atoms with E-state index in [4.69, 9.17) is 0 Å². The molecule has 1 aliphatic heterocycles. The van der Waals surface area contributed by atoms with Gasteiger partial charge in [0.15, 0.2) is 0 Å². The van der Waals surface area contributed by atoms with Crippen molar-refractivity contribution in [2.24, 2.45) is 5.92 Å². The number of benzene rings is 1. The largest absolute Gasteiger partial charge is 0.506 e. The molecule has 2 rings (SSSR count). The highest BCUT2D eigenvalue weighted by Gasteiger charge is 2.30. The third kappa shape index (κ3) is 1.69. The van der Waals surface area contributed by atoms with E-state index in [-0.39, 0.29) is 17.6 Å². The van der Waals surface area contributed by atoms with Crippen LogP contribution < -0.4 is 4.90 Å². The molecule has 0 saturated carbocycles.